The molecule has 0 aliphatic carbocycles. The molecule has 1 aliphatic heterocycles. The summed E-state index contributed by atoms with van der Waals surface area (Å²) in [6.07, 6.45) is 1.86. The maximum atomic E-state index is 9.48. The van der Waals surface area contributed by atoms with Gasteiger partial charge in [0.05, 0.1) is 24.2 Å². The van der Waals surface area contributed by atoms with Gasteiger partial charge in [-0.25, -0.2) is 9.97 Å². The number of aromatic nitrogens is 2. The highest BCUT2D eigenvalue weighted by Gasteiger charge is 2.18. The van der Waals surface area contributed by atoms with Gasteiger partial charge in [-0.15, -0.1) is 0 Å². The maximum absolute atomic E-state index is 9.48. The van der Waals surface area contributed by atoms with Crippen LogP contribution in [0.1, 0.15) is 31.3 Å². The highest BCUT2D eigenvalue weighted by molar-refractivity contribution is 5.49. The van der Waals surface area contributed by atoms with Crippen LogP contribution in [0, 0.1) is 0 Å². The van der Waals surface area contributed by atoms with E-state index in [1.165, 1.54) is 0 Å². The Balaban J connectivity index is 2.22. The van der Waals surface area contributed by atoms with Gasteiger partial charge in [0.25, 0.3) is 0 Å². The Bertz CT molecular complexity index is 400. The molecule has 2 heterocycles. The van der Waals surface area contributed by atoms with Crippen LogP contribution in [0.2, 0.25) is 0 Å². The van der Waals surface area contributed by atoms with Crippen LogP contribution in [0.4, 0.5) is 5.69 Å². The third-order valence-corrected chi connectivity index (χ3v) is 3.37. The predicted molar refractivity (Wildman–Crippen MR) is 71.8 cm³/mol. The molecule has 0 bridgehead atoms. The Morgan fingerprint density at radius 3 is 2.50 bits per heavy atom. The molecular weight excluding hydrogens is 228 g/mol. The molecule has 0 spiro atoms. The van der Waals surface area contributed by atoms with Gasteiger partial charge in [-0.05, 0) is 7.05 Å². The van der Waals surface area contributed by atoms with E-state index in [4.69, 9.17) is 0 Å². The molecule has 0 saturated carbocycles. The molecule has 1 fully saturated rings. The normalized spacial score (nSPS) is 17.5. The SMILES string of the molecule is CC(C)c1ncc(N2CCN(C)CC2)c(CO)n1. The molecular formula is C13H22N4O. The van der Waals surface area contributed by atoms with E-state index in [1.807, 2.05) is 6.20 Å². The second-order valence-electron chi connectivity index (χ2n) is 5.16. The molecule has 0 atom stereocenters. The fourth-order valence-corrected chi connectivity index (χ4v) is 2.13. The third kappa shape index (κ3) is 2.79. The lowest BCUT2D eigenvalue weighted by atomic mass is 10.2. The number of hydrogen-bond donors (Lipinski definition) is 1. The Hall–Kier alpha value is -1.20. The van der Waals surface area contributed by atoms with E-state index in [-0.39, 0.29) is 12.5 Å². The zero-order valence-corrected chi connectivity index (χ0v) is 11.4. The molecule has 1 N–H and O–H groups in total. The van der Waals surface area contributed by atoms with Crippen LogP contribution in [0.15, 0.2) is 6.20 Å². The largest absolute Gasteiger partial charge is 0.390 e. The summed E-state index contributed by atoms with van der Waals surface area (Å²) in [4.78, 5) is 13.4. The number of anilines is 1. The molecule has 0 amide bonds. The zero-order valence-electron chi connectivity index (χ0n) is 11.4. The number of likely N-dealkylation sites (N-methyl/N-ethyl adjacent to an activating group) is 1. The van der Waals surface area contributed by atoms with Gasteiger partial charge < -0.3 is 14.9 Å². The molecule has 100 valence electrons. The first-order valence-electron chi connectivity index (χ1n) is 6.52. The van der Waals surface area contributed by atoms with Crippen molar-refractivity contribution < 1.29 is 5.11 Å². The van der Waals surface area contributed by atoms with Crippen molar-refractivity contribution in [2.75, 3.05) is 38.1 Å². The standard InChI is InChI=1S/C13H22N4O/c1-10(2)13-14-8-12(11(9-18)15-13)17-6-4-16(3)5-7-17/h8,10,18H,4-7,9H2,1-3H3. The molecule has 0 radical (unpaired) electrons. The van der Waals surface area contributed by atoms with Gasteiger partial charge in [-0.3, -0.25) is 0 Å². The fraction of sp³-hybridized carbons (Fsp3) is 0.692. The first-order valence-corrected chi connectivity index (χ1v) is 6.52. The van der Waals surface area contributed by atoms with Crippen LogP contribution in [0.5, 0.6) is 0 Å². The van der Waals surface area contributed by atoms with Crippen molar-refractivity contribution >= 4 is 5.69 Å². The topological polar surface area (TPSA) is 52.5 Å². The minimum Gasteiger partial charge on any atom is -0.390 e. The summed E-state index contributed by atoms with van der Waals surface area (Å²) in [6, 6.07) is 0. The zero-order chi connectivity index (χ0) is 13.1. The molecule has 1 saturated heterocycles. The van der Waals surface area contributed by atoms with E-state index in [9.17, 15) is 5.11 Å². The molecule has 0 aromatic carbocycles. The lowest BCUT2D eigenvalue weighted by Gasteiger charge is -2.34. The smallest absolute Gasteiger partial charge is 0.131 e. The van der Waals surface area contributed by atoms with Crippen molar-refractivity contribution in [2.45, 2.75) is 26.4 Å². The second kappa shape index (κ2) is 5.63. The van der Waals surface area contributed by atoms with Crippen LogP contribution in [-0.4, -0.2) is 53.2 Å². The third-order valence-electron chi connectivity index (χ3n) is 3.37. The van der Waals surface area contributed by atoms with Crippen molar-refractivity contribution in [2.24, 2.45) is 0 Å². The number of aliphatic hydroxyl groups is 1. The number of piperazine rings is 1. The Labute approximate surface area is 108 Å². The van der Waals surface area contributed by atoms with E-state index >= 15 is 0 Å². The van der Waals surface area contributed by atoms with E-state index in [0.717, 1.165) is 43.4 Å². The van der Waals surface area contributed by atoms with E-state index in [0.29, 0.717) is 0 Å². The molecule has 18 heavy (non-hydrogen) atoms. The predicted octanol–water partition coefficient (Wildman–Crippen LogP) is 0.844. The van der Waals surface area contributed by atoms with E-state index < -0.39 is 0 Å². The first kappa shape index (κ1) is 13.2. The summed E-state index contributed by atoms with van der Waals surface area (Å²) in [5, 5.41) is 9.48. The van der Waals surface area contributed by atoms with Crippen molar-refractivity contribution in [3.63, 3.8) is 0 Å². The van der Waals surface area contributed by atoms with Crippen LogP contribution in [0.3, 0.4) is 0 Å². The van der Waals surface area contributed by atoms with Gasteiger partial charge in [0.2, 0.25) is 0 Å². The van der Waals surface area contributed by atoms with Crippen molar-refractivity contribution in [3.05, 3.63) is 17.7 Å². The molecule has 5 heteroatoms. The van der Waals surface area contributed by atoms with Gasteiger partial charge in [0.15, 0.2) is 0 Å². The van der Waals surface area contributed by atoms with Crippen molar-refractivity contribution in [1.29, 1.82) is 0 Å². The van der Waals surface area contributed by atoms with Crippen molar-refractivity contribution in [1.82, 2.24) is 14.9 Å². The number of rotatable bonds is 3. The van der Waals surface area contributed by atoms with Gasteiger partial charge in [-0.2, -0.15) is 0 Å². The monoisotopic (exact) mass is 250 g/mol. The fourth-order valence-electron chi connectivity index (χ4n) is 2.13. The summed E-state index contributed by atoms with van der Waals surface area (Å²) in [7, 11) is 2.13. The first-order chi connectivity index (χ1) is 8.61. The van der Waals surface area contributed by atoms with Crippen LogP contribution in [-0.2, 0) is 6.61 Å². The number of hydrogen-bond acceptors (Lipinski definition) is 5. The molecule has 1 aromatic rings. The van der Waals surface area contributed by atoms with Crippen LogP contribution < -0.4 is 4.90 Å². The van der Waals surface area contributed by atoms with Gasteiger partial charge in [-0.1, -0.05) is 13.8 Å². The highest BCUT2D eigenvalue weighted by Crippen LogP contribution is 2.21. The van der Waals surface area contributed by atoms with Crippen LogP contribution in [0.25, 0.3) is 0 Å². The summed E-state index contributed by atoms with van der Waals surface area (Å²) < 4.78 is 0. The summed E-state index contributed by atoms with van der Waals surface area (Å²) in [6.45, 7) is 8.11. The minimum absolute atomic E-state index is 0.0239. The summed E-state index contributed by atoms with van der Waals surface area (Å²) >= 11 is 0. The molecule has 1 aromatic heterocycles. The summed E-state index contributed by atoms with van der Waals surface area (Å²) in [5.41, 5.74) is 1.73. The molecule has 0 unspecified atom stereocenters. The average molecular weight is 250 g/mol. The Morgan fingerprint density at radius 1 is 1.28 bits per heavy atom. The minimum atomic E-state index is -0.0239. The molecule has 2 rings (SSSR count). The lowest BCUT2D eigenvalue weighted by Crippen LogP contribution is -2.45. The van der Waals surface area contributed by atoms with Gasteiger partial charge in [0, 0.05) is 32.1 Å². The second-order valence-corrected chi connectivity index (χ2v) is 5.16. The molecule has 5 nitrogen and oxygen atoms in total. The number of nitrogens with zero attached hydrogens (tertiary/aromatic N) is 4. The Kier molecular flexibility index (Phi) is 4.14. The van der Waals surface area contributed by atoms with E-state index in [2.05, 4.69) is 40.7 Å². The quantitative estimate of drug-likeness (QED) is 0.861. The van der Waals surface area contributed by atoms with Gasteiger partial charge >= 0.3 is 0 Å². The molecule has 1 aliphatic rings. The number of aliphatic hydroxyl groups excluding tert-OH is 1. The maximum Gasteiger partial charge on any atom is 0.131 e. The average Bonchev–Trinajstić information content (AvgIpc) is 2.39. The highest BCUT2D eigenvalue weighted by atomic mass is 16.3. The van der Waals surface area contributed by atoms with Crippen molar-refractivity contribution in [3.8, 4) is 0 Å². The lowest BCUT2D eigenvalue weighted by molar-refractivity contribution is 0.274. The Morgan fingerprint density at radius 2 is 1.94 bits per heavy atom. The van der Waals surface area contributed by atoms with Gasteiger partial charge in [0.1, 0.15) is 5.82 Å². The summed E-state index contributed by atoms with van der Waals surface area (Å²) in [5.74, 6) is 1.09. The van der Waals surface area contributed by atoms with E-state index in [1.54, 1.807) is 0 Å². The van der Waals surface area contributed by atoms with Crippen LogP contribution >= 0.6 is 0 Å².